The van der Waals surface area contributed by atoms with E-state index in [1.807, 2.05) is 121 Å². The molecule has 0 unspecified atom stereocenters. The number of hydrogen-bond donors (Lipinski definition) is 1. The summed E-state index contributed by atoms with van der Waals surface area (Å²) in [4.78, 5) is 14.4. The van der Waals surface area contributed by atoms with E-state index in [1.54, 1.807) is 6.08 Å². The van der Waals surface area contributed by atoms with Crippen molar-refractivity contribution in [3.63, 3.8) is 0 Å². The van der Waals surface area contributed by atoms with Gasteiger partial charge in [-0.3, -0.25) is 0 Å². The minimum Gasteiger partial charge on any atom is -0.300 e. The number of aromatic nitrogens is 3. The molecule has 4 aromatic carbocycles. The van der Waals surface area contributed by atoms with Crippen LogP contribution in [0.15, 0.2) is 134 Å². The fourth-order valence-electron chi connectivity index (χ4n) is 3.86. The molecule has 0 fully saturated rings. The molecule has 0 saturated carbocycles. The van der Waals surface area contributed by atoms with Crippen LogP contribution in [-0.2, 0) is 0 Å². The Morgan fingerprint density at radius 1 is 0.556 bits per heavy atom. The maximum Gasteiger partial charge on any atom is 0.164 e. The van der Waals surface area contributed by atoms with Crippen LogP contribution in [0.5, 0.6) is 0 Å². The number of nitrogens with one attached hydrogen (secondary N) is 1. The predicted molar refractivity (Wildman–Crippen MR) is 148 cm³/mol. The Bertz CT molecular complexity index is 1480. The molecule has 172 valence electrons. The lowest BCUT2D eigenvalue weighted by Crippen LogP contribution is -2.04. The standard InChI is InChI=1S/C32H24N4/c1-23(24-13-5-2-6-14-24)21-22-29(33)27-19-11-12-20-28(27)32-35-30(25-15-7-3-8-16-25)34-31(36-32)26-17-9-4-10-18-26/h2-22,33H,1H2/b22-21-,33-29?. The van der Waals surface area contributed by atoms with Crippen molar-refractivity contribution in [2.24, 2.45) is 0 Å². The zero-order valence-corrected chi connectivity index (χ0v) is 19.7. The third kappa shape index (κ3) is 5.08. The molecule has 0 amide bonds. The highest BCUT2D eigenvalue weighted by atomic mass is 15.0. The molecule has 36 heavy (non-hydrogen) atoms. The molecule has 4 nitrogen and oxygen atoms in total. The Morgan fingerprint density at radius 2 is 1.03 bits per heavy atom. The summed E-state index contributed by atoms with van der Waals surface area (Å²) in [5.41, 5.74) is 5.54. The van der Waals surface area contributed by atoms with Crippen LogP contribution in [0.25, 0.3) is 39.7 Å². The predicted octanol–water partition coefficient (Wildman–Crippen LogP) is 7.51. The third-order valence-corrected chi connectivity index (χ3v) is 5.75. The molecule has 0 spiro atoms. The van der Waals surface area contributed by atoms with Gasteiger partial charge >= 0.3 is 0 Å². The van der Waals surface area contributed by atoms with E-state index in [1.165, 1.54) is 0 Å². The van der Waals surface area contributed by atoms with Crippen LogP contribution in [0.2, 0.25) is 0 Å². The molecule has 5 aromatic rings. The van der Waals surface area contributed by atoms with E-state index in [4.69, 9.17) is 20.4 Å². The van der Waals surface area contributed by atoms with Crippen molar-refractivity contribution in [1.82, 2.24) is 15.0 Å². The Hall–Kier alpha value is -4.96. The van der Waals surface area contributed by atoms with Gasteiger partial charge in [-0.15, -0.1) is 0 Å². The van der Waals surface area contributed by atoms with Gasteiger partial charge in [-0.2, -0.15) is 0 Å². The second-order valence-electron chi connectivity index (χ2n) is 8.22. The smallest absolute Gasteiger partial charge is 0.164 e. The third-order valence-electron chi connectivity index (χ3n) is 5.75. The Balaban J connectivity index is 1.57. The highest BCUT2D eigenvalue weighted by molar-refractivity contribution is 6.11. The summed E-state index contributed by atoms with van der Waals surface area (Å²) in [5, 5.41) is 8.81. The Morgan fingerprint density at radius 3 is 1.61 bits per heavy atom. The molecule has 0 bridgehead atoms. The van der Waals surface area contributed by atoms with Crippen molar-refractivity contribution < 1.29 is 0 Å². The molecule has 0 aliphatic rings. The summed E-state index contributed by atoms with van der Waals surface area (Å²) < 4.78 is 0. The fraction of sp³-hybridized carbons (Fsp3) is 0. The molecule has 0 saturated heterocycles. The average Bonchev–Trinajstić information content (AvgIpc) is 2.97. The van der Waals surface area contributed by atoms with E-state index in [2.05, 4.69) is 6.58 Å². The van der Waals surface area contributed by atoms with E-state index >= 15 is 0 Å². The van der Waals surface area contributed by atoms with Crippen molar-refractivity contribution >= 4 is 11.3 Å². The molecule has 1 aromatic heterocycles. The van der Waals surface area contributed by atoms with Crippen LogP contribution in [0.4, 0.5) is 0 Å². The molecule has 1 heterocycles. The van der Waals surface area contributed by atoms with Gasteiger partial charge in [0.25, 0.3) is 0 Å². The minimum atomic E-state index is 0.352. The van der Waals surface area contributed by atoms with Gasteiger partial charge in [-0.1, -0.05) is 128 Å². The molecule has 0 atom stereocenters. The number of nitrogens with zero attached hydrogens (tertiary/aromatic N) is 3. The molecule has 5 rings (SSSR count). The summed E-state index contributed by atoms with van der Waals surface area (Å²) >= 11 is 0. The number of benzene rings is 4. The van der Waals surface area contributed by atoms with Crippen molar-refractivity contribution in [3.8, 4) is 34.2 Å². The quantitative estimate of drug-likeness (QED) is 0.200. The first-order valence-electron chi connectivity index (χ1n) is 11.7. The van der Waals surface area contributed by atoms with E-state index in [9.17, 15) is 0 Å². The summed E-state index contributed by atoms with van der Waals surface area (Å²) in [6.07, 6.45) is 3.64. The molecule has 0 aliphatic carbocycles. The zero-order chi connectivity index (χ0) is 24.7. The average molecular weight is 465 g/mol. The Kier molecular flexibility index (Phi) is 6.68. The second kappa shape index (κ2) is 10.5. The summed E-state index contributed by atoms with van der Waals surface area (Å²) in [6, 6.07) is 37.4. The normalized spacial score (nSPS) is 10.9. The van der Waals surface area contributed by atoms with Crippen molar-refractivity contribution in [2.45, 2.75) is 0 Å². The van der Waals surface area contributed by atoms with Crippen molar-refractivity contribution in [3.05, 3.63) is 145 Å². The number of rotatable bonds is 7. The maximum absolute atomic E-state index is 8.81. The van der Waals surface area contributed by atoms with Gasteiger partial charge in [0.1, 0.15) is 0 Å². The monoisotopic (exact) mass is 464 g/mol. The number of hydrogen-bond acceptors (Lipinski definition) is 4. The van der Waals surface area contributed by atoms with Crippen molar-refractivity contribution in [1.29, 1.82) is 5.41 Å². The van der Waals surface area contributed by atoms with Gasteiger partial charge in [0.2, 0.25) is 0 Å². The van der Waals surface area contributed by atoms with Crippen LogP contribution in [0.3, 0.4) is 0 Å². The van der Waals surface area contributed by atoms with Gasteiger partial charge in [0.15, 0.2) is 17.5 Å². The lowest BCUT2D eigenvalue weighted by molar-refractivity contribution is 1.07. The first-order valence-corrected chi connectivity index (χ1v) is 11.7. The second-order valence-corrected chi connectivity index (χ2v) is 8.22. The van der Waals surface area contributed by atoms with Crippen LogP contribution in [0, 0.1) is 5.41 Å². The molecular weight excluding hydrogens is 440 g/mol. The van der Waals surface area contributed by atoms with Crippen LogP contribution in [-0.4, -0.2) is 20.7 Å². The van der Waals surface area contributed by atoms with Gasteiger partial charge in [-0.05, 0) is 17.2 Å². The highest BCUT2D eigenvalue weighted by Crippen LogP contribution is 2.27. The lowest BCUT2D eigenvalue weighted by Gasteiger charge is -2.11. The topological polar surface area (TPSA) is 62.5 Å². The molecule has 4 heteroatoms. The van der Waals surface area contributed by atoms with Gasteiger partial charge < -0.3 is 5.41 Å². The van der Waals surface area contributed by atoms with E-state index < -0.39 is 0 Å². The van der Waals surface area contributed by atoms with Gasteiger partial charge in [0, 0.05) is 22.3 Å². The highest BCUT2D eigenvalue weighted by Gasteiger charge is 2.15. The van der Waals surface area contributed by atoms with E-state index in [-0.39, 0.29) is 0 Å². The van der Waals surface area contributed by atoms with Crippen LogP contribution >= 0.6 is 0 Å². The fourth-order valence-corrected chi connectivity index (χ4v) is 3.86. The number of allylic oxidation sites excluding steroid dienone is 3. The van der Waals surface area contributed by atoms with Crippen LogP contribution in [0.1, 0.15) is 11.1 Å². The molecule has 0 radical (unpaired) electrons. The first kappa shape index (κ1) is 22.8. The van der Waals surface area contributed by atoms with Gasteiger partial charge in [0.05, 0.1) is 5.71 Å². The summed E-state index contributed by atoms with van der Waals surface area (Å²) in [5.74, 6) is 1.71. The lowest BCUT2D eigenvalue weighted by atomic mass is 10.00. The zero-order valence-electron chi connectivity index (χ0n) is 19.7. The summed E-state index contributed by atoms with van der Waals surface area (Å²) in [6.45, 7) is 4.15. The largest absolute Gasteiger partial charge is 0.300 e. The Labute approximate surface area is 210 Å². The first-order chi connectivity index (χ1) is 17.7. The minimum absolute atomic E-state index is 0.352. The van der Waals surface area contributed by atoms with E-state index in [0.717, 1.165) is 33.4 Å². The molecule has 0 aliphatic heterocycles. The van der Waals surface area contributed by atoms with Gasteiger partial charge in [-0.25, -0.2) is 15.0 Å². The molecule has 1 N–H and O–H groups in total. The van der Waals surface area contributed by atoms with Crippen LogP contribution < -0.4 is 0 Å². The summed E-state index contributed by atoms with van der Waals surface area (Å²) in [7, 11) is 0. The maximum atomic E-state index is 8.81. The SMILES string of the molecule is C=C(/C=C\C(=N)c1ccccc1-c1nc(-c2ccccc2)nc(-c2ccccc2)n1)c1ccccc1. The van der Waals surface area contributed by atoms with E-state index in [0.29, 0.717) is 23.2 Å². The molecular formula is C32H24N4. The van der Waals surface area contributed by atoms with Crippen molar-refractivity contribution in [2.75, 3.05) is 0 Å².